The molecule has 5 heteroatoms. The molecule has 1 saturated carbocycles. The van der Waals surface area contributed by atoms with Crippen LogP contribution in [-0.2, 0) is 6.42 Å². The molecule has 3 aliphatic rings. The summed E-state index contributed by atoms with van der Waals surface area (Å²) >= 11 is 0. The number of pyridine rings is 1. The van der Waals surface area contributed by atoms with Crippen molar-refractivity contribution in [2.24, 2.45) is 5.92 Å². The third kappa shape index (κ3) is 5.59. The fourth-order valence-corrected chi connectivity index (χ4v) is 6.04. The quantitative estimate of drug-likeness (QED) is 0.598. The van der Waals surface area contributed by atoms with Gasteiger partial charge in [0.2, 0.25) is 0 Å². The molecule has 2 fully saturated rings. The number of rotatable bonds is 7. The number of aromatic nitrogens is 1. The number of ether oxygens (including phenoxy) is 1. The van der Waals surface area contributed by atoms with Crippen LogP contribution in [0, 0.1) is 12.8 Å². The van der Waals surface area contributed by atoms with Crippen molar-refractivity contribution in [3.05, 3.63) is 58.9 Å². The van der Waals surface area contributed by atoms with E-state index in [2.05, 4.69) is 33.4 Å². The lowest BCUT2D eigenvalue weighted by molar-refractivity contribution is 0.105. The highest BCUT2D eigenvalue weighted by atomic mass is 16.5. The lowest BCUT2D eigenvalue weighted by Gasteiger charge is -2.35. The maximum Gasteiger partial charge on any atom is 0.132 e. The molecule has 3 heterocycles. The molecular formula is C28H39N3O2. The number of benzene rings is 1. The average Bonchev–Trinajstić information content (AvgIpc) is 3.34. The van der Waals surface area contributed by atoms with Gasteiger partial charge in [0.05, 0.1) is 6.61 Å². The fourth-order valence-electron chi connectivity index (χ4n) is 6.04. The molecule has 2 N–H and O–H groups in total. The van der Waals surface area contributed by atoms with Crippen LogP contribution in [0.4, 0.5) is 0 Å². The van der Waals surface area contributed by atoms with Crippen LogP contribution in [0.2, 0.25) is 0 Å². The lowest BCUT2D eigenvalue weighted by atomic mass is 9.83. The number of nitrogens with zero attached hydrogens (tertiary/aromatic N) is 2. The maximum absolute atomic E-state index is 10.5. The molecule has 0 bridgehead atoms. The molecule has 178 valence electrons. The van der Waals surface area contributed by atoms with Gasteiger partial charge in [0.25, 0.3) is 0 Å². The molecule has 1 unspecified atom stereocenters. The number of aryl methyl sites for hydroxylation is 1. The topological polar surface area (TPSA) is 57.6 Å². The normalized spacial score (nSPS) is 24.9. The van der Waals surface area contributed by atoms with Gasteiger partial charge in [-0.3, -0.25) is 10.3 Å². The van der Waals surface area contributed by atoms with Crippen LogP contribution in [0.15, 0.2) is 36.5 Å². The maximum atomic E-state index is 10.5. The van der Waals surface area contributed by atoms with E-state index in [1.165, 1.54) is 57.3 Å². The second-order valence-electron chi connectivity index (χ2n) is 10.3. The van der Waals surface area contributed by atoms with E-state index in [1.807, 2.05) is 19.1 Å². The highest BCUT2D eigenvalue weighted by molar-refractivity contribution is 5.44. The molecule has 1 aliphatic carbocycles. The first-order chi connectivity index (χ1) is 16.2. The number of hydrogen-bond donors (Lipinski definition) is 2. The Kier molecular flexibility index (Phi) is 7.29. The summed E-state index contributed by atoms with van der Waals surface area (Å²) < 4.78 is 5.78. The molecule has 1 atom stereocenters. The first-order valence-electron chi connectivity index (χ1n) is 13.0. The smallest absolute Gasteiger partial charge is 0.132 e. The molecule has 0 radical (unpaired) electrons. The Morgan fingerprint density at radius 3 is 2.67 bits per heavy atom. The molecule has 1 aromatic heterocycles. The van der Waals surface area contributed by atoms with Crippen molar-refractivity contribution in [2.75, 3.05) is 26.2 Å². The number of fused-ring (bicyclic) bond motifs is 1. The third-order valence-corrected chi connectivity index (χ3v) is 8.15. The molecule has 5 rings (SSSR count). The molecule has 1 aromatic carbocycles. The summed E-state index contributed by atoms with van der Waals surface area (Å²) in [7, 11) is 0. The van der Waals surface area contributed by atoms with E-state index < -0.39 is 6.23 Å². The number of aliphatic hydroxyl groups is 1. The molecule has 5 nitrogen and oxygen atoms in total. The van der Waals surface area contributed by atoms with Crippen LogP contribution in [0.5, 0.6) is 5.75 Å². The second kappa shape index (κ2) is 10.5. The van der Waals surface area contributed by atoms with Crippen LogP contribution >= 0.6 is 0 Å². The molecule has 0 spiro atoms. The van der Waals surface area contributed by atoms with Crippen molar-refractivity contribution >= 4 is 0 Å². The Hall–Kier alpha value is -1.95. The minimum Gasteiger partial charge on any atom is -0.493 e. The third-order valence-electron chi connectivity index (χ3n) is 8.15. The van der Waals surface area contributed by atoms with Gasteiger partial charge in [0, 0.05) is 35.5 Å². The van der Waals surface area contributed by atoms with Crippen molar-refractivity contribution in [2.45, 2.75) is 76.5 Å². The minimum absolute atomic E-state index is 0.407. The van der Waals surface area contributed by atoms with E-state index in [0.29, 0.717) is 12.0 Å². The van der Waals surface area contributed by atoms with Gasteiger partial charge in [0.1, 0.15) is 12.0 Å². The first kappa shape index (κ1) is 22.8. The van der Waals surface area contributed by atoms with E-state index >= 15 is 0 Å². The van der Waals surface area contributed by atoms with Crippen LogP contribution in [-0.4, -0.2) is 47.3 Å². The van der Waals surface area contributed by atoms with Gasteiger partial charge in [-0.1, -0.05) is 18.2 Å². The summed E-state index contributed by atoms with van der Waals surface area (Å²) in [5.41, 5.74) is 4.87. The van der Waals surface area contributed by atoms with Gasteiger partial charge in [-0.05, 0) is 101 Å². The SMILES string of the molecule is Cc1ccc(C(O)NC2CCC(CCN3CCC(c4cccc5c4CCO5)CC3)CC2)cn1. The number of nitrogens with one attached hydrogen (secondary N) is 1. The zero-order valence-electron chi connectivity index (χ0n) is 20.0. The number of likely N-dealkylation sites (tertiary alicyclic amines) is 1. The standard InChI is InChI=1S/C28H39N3O2/c1-20-5-8-23(19-29-20)28(32)30-24-9-6-21(7-10-24)11-15-31-16-12-22(13-17-31)25-3-2-4-27-26(25)14-18-33-27/h2-5,8,19,21-22,24,28,30,32H,6-7,9-18H2,1H3. The largest absolute Gasteiger partial charge is 0.493 e. The molecule has 1 saturated heterocycles. The highest BCUT2D eigenvalue weighted by Crippen LogP contribution is 2.37. The van der Waals surface area contributed by atoms with Crippen molar-refractivity contribution in [1.82, 2.24) is 15.2 Å². The monoisotopic (exact) mass is 449 g/mol. The summed E-state index contributed by atoms with van der Waals surface area (Å²) in [6.45, 7) is 6.51. The predicted molar refractivity (Wildman–Crippen MR) is 131 cm³/mol. The van der Waals surface area contributed by atoms with Crippen LogP contribution in [0.1, 0.15) is 79.5 Å². The van der Waals surface area contributed by atoms with Crippen molar-refractivity contribution in [1.29, 1.82) is 0 Å². The Morgan fingerprint density at radius 1 is 1.09 bits per heavy atom. The molecule has 33 heavy (non-hydrogen) atoms. The zero-order chi connectivity index (χ0) is 22.6. The van der Waals surface area contributed by atoms with Gasteiger partial charge in [-0.25, -0.2) is 0 Å². The van der Waals surface area contributed by atoms with Crippen molar-refractivity contribution < 1.29 is 9.84 Å². The Balaban J connectivity index is 1.02. The Labute approximate surface area is 198 Å². The second-order valence-corrected chi connectivity index (χ2v) is 10.3. The van der Waals surface area contributed by atoms with E-state index in [-0.39, 0.29) is 0 Å². The summed E-state index contributed by atoms with van der Waals surface area (Å²) in [5, 5.41) is 13.9. The van der Waals surface area contributed by atoms with Gasteiger partial charge < -0.3 is 14.7 Å². The molecular weight excluding hydrogens is 410 g/mol. The van der Waals surface area contributed by atoms with Crippen molar-refractivity contribution in [3.8, 4) is 5.75 Å². The van der Waals surface area contributed by atoms with Crippen molar-refractivity contribution in [3.63, 3.8) is 0 Å². The Bertz CT molecular complexity index is 900. The number of piperidine rings is 1. The highest BCUT2D eigenvalue weighted by Gasteiger charge is 2.27. The van der Waals surface area contributed by atoms with E-state index in [9.17, 15) is 5.11 Å². The zero-order valence-corrected chi connectivity index (χ0v) is 20.0. The van der Waals surface area contributed by atoms with E-state index in [0.717, 1.165) is 48.8 Å². The number of hydrogen-bond acceptors (Lipinski definition) is 5. The van der Waals surface area contributed by atoms with Gasteiger partial charge >= 0.3 is 0 Å². The summed E-state index contributed by atoms with van der Waals surface area (Å²) in [5.74, 6) is 2.66. The molecule has 2 aliphatic heterocycles. The lowest BCUT2D eigenvalue weighted by Crippen LogP contribution is -2.37. The Morgan fingerprint density at radius 2 is 1.91 bits per heavy atom. The first-order valence-corrected chi connectivity index (χ1v) is 13.0. The molecule has 2 aromatic rings. The van der Waals surface area contributed by atoms with Crippen LogP contribution in [0.25, 0.3) is 0 Å². The van der Waals surface area contributed by atoms with Crippen LogP contribution in [0.3, 0.4) is 0 Å². The average molecular weight is 450 g/mol. The fraction of sp³-hybridized carbons (Fsp3) is 0.607. The van der Waals surface area contributed by atoms with E-state index in [4.69, 9.17) is 4.74 Å². The minimum atomic E-state index is -0.613. The summed E-state index contributed by atoms with van der Waals surface area (Å²) in [6, 6.07) is 11.0. The van der Waals surface area contributed by atoms with Gasteiger partial charge in [-0.2, -0.15) is 0 Å². The van der Waals surface area contributed by atoms with Crippen LogP contribution < -0.4 is 10.1 Å². The molecule has 0 amide bonds. The summed E-state index contributed by atoms with van der Waals surface area (Å²) in [6.07, 6.45) is 11.0. The number of aliphatic hydroxyl groups excluding tert-OH is 1. The van der Waals surface area contributed by atoms with Gasteiger partial charge in [-0.15, -0.1) is 0 Å². The summed E-state index contributed by atoms with van der Waals surface area (Å²) in [4.78, 5) is 6.99. The predicted octanol–water partition coefficient (Wildman–Crippen LogP) is 4.73. The van der Waals surface area contributed by atoms with Gasteiger partial charge in [0.15, 0.2) is 0 Å². The van der Waals surface area contributed by atoms with E-state index in [1.54, 1.807) is 11.8 Å².